The van der Waals surface area contributed by atoms with E-state index in [4.69, 9.17) is 5.73 Å². The molecule has 6 rings (SSSR count). The van der Waals surface area contributed by atoms with Gasteiger partial charge in [0.15, 0.2) is 0 Å². The van der Waals surface area contributed by atoms with Crippen LogP contribution in [0.5, 0.6) is 0 Å². The highest BCUT2D eigenvalue weighted by Gasteiger charge is 2.21. The van der Waals surface area contributed by atoms with Crippen LogP contribution in [-0.2, 0) is 6.54 Å². The topological polar surface area (TPSA) is 112 Å². The maximum absolute atomic E-state index is 12.1. The third kappa shape index (κ3) is 5.40. The highest BCUT2D eigenvalue weighted by atomic mass is 16.1. The molecule has 8 heteroatoms. The molecule has 3 aromatic heterocycles. The second-order valence-electron chi connectivity index (χ2n) is 9.89. The Morgan fingerprint density at radius 3 is 2.62 bits per heavy atom. The van der Waals surface area contributed by atoms with Gasteiger partial charge < -0.3 is 26.3 Å². The van der Waals surface area contributed by atoms with E-state index in [0.717, 1.165) is 53.9 Å². The zero-order valence-electron chi connectivity index (χ0n) is 21.6. The minimum atomic E-state index is -0.519. The molecule has 0 spiro atoms. The van der Waals surface area contributed by atoms with Gasteiger partial charge in [-0.15, -0.1) is 0 Å². The number of nitrogens with zero attached hydrogens (tertiary/aromatic N) is 3. The second-order valence-corrected chi connectivity index (χ2v) is 9.89. The summed E-state index contributed by atoms with van der Waals surface area (Å²) in [5.41, 5.74) is 11.1. The molecule has 5 N–H and O–H groups in total. The average molecular weight is 518 g/mol. The molecule has 0 aliphatic carbocycles. The van der Waals surface area contributed by atoms with Gasteiger partial charge in [0.2, 0.25) is 0 Å². The van der Waals surface area contributed by atoms with Gasteiger partial charge in [-0.25, -0.2) is 9.97 Å². The number of aromatic nitrogens is 3. The van der Waals surface area contributed by atoms with Crippen LogP contribution in [-0.4, -0.2) is 33.9 Å². The van der Waals surface area contributed by atoms with Crippen LogP contribution in [0.1, 0.15) is 40.2 Å². The number of anilines is 4. The Morgan fingerprint density at radius 1 is 1.00 bits per heavy atom. The van der Waals surface area contributed by atoms with E-state index in [2.05, 4.69) is 66.9 Å². The molecule has 0 radical (unpaired) electrons. The van der Waals surface area contributed by atoms with Crippen LogP contribution in [0, 0.1) is 0 Å². The molecule has 1 aliphatic heterocycles. The predicted octanol–water partition coefficient (Wildman–Crippen LogP) is 5.80. The Hall–Kier alpha value is -4.85. The number of rotatable bonds is 8. The van der Waals surface area contributed by atoms with E-state index in [-0.39, 0.29) is 0 Å². The number of carbonyl (C=O) groups is 1. The fraction of sp³-hybridized carbons (Fsp3) is 0.194. The van der Waals surface area contributed by atoms with Crippen molar-refractivity contribution in [2.24, 2.45) is 5.73 Å². The number of primary amides is 1. The van der Waals surface area contributed by atoms with Crippen molar-refractivity contribution in [3.8, 4) is 0 Å². The number of fused-ring (bicyclic) bond motifs is 1. The maximum atomic E-state index is 12.1. The second kappa shape index (κ2) is 10.9. The largest absolute Gasteiger partial charge is 0.380 e. The van der Waals surface area contributed by atoms with Gasteiger partial charge in [-0.2, -0.15) is 0 Å². The molecule has 2 aromatic carbocycles. The van der Waals surface area contributed by atoms with Crippen LogP contribution in [0.4, 0.5) is 23.0 Å². The van der Waals surface area contributed by atoms with Gasteiger partial charge in [0.1, 0.15) is 11.6 Å². The average Bonchev–Trinajstić information content (AvgIpc) is 3.47. The summed E-state index contributed by atoms with van der Waals surface area (Å²) in [6.07, 6.45) is 7.50. The molecule has 5 aromatic rings. The summed E-state index contributed by atoms with van der Waals surface area (Å²) in [7, 11) is 0. The van der Waals surface area contributed by atoms with E-state index in [0.29, 0.717) is 29.5 Å². The molecular formula is C31H31N7O. The number of H-pyrrole nitrogens is 1. The first-order valence-electron chi connectivity index (χ1n) is 13.3. The smallest absolute Gasteiger partial charge is 0.252 e. The molecule has 0 atom stereocenters. The van der Waals surface area contributed by atoms with Crippen molar-refractivity contribution >= 4 is 39.8 Å². The summed E-state index contributed by atoms with van der Waals surface area (Å²) in [6, 6.07) is 24.6. The predicted molar refractivity (Wildman–Crippen MR) is 157 cm³/mol. The monoisotopic (exact) mass is 517 g/mol. The van der Waals surface area contributed by atoms with E-state index in [9.17, 15) is 4.79 Å². The first-order chi connectivity index (χ1) is 19.1. The minimum Gasteiger partial charge on any atom is -0.380 e. The fourth-order valence-corrected chi connectivity index (χ4v) is 5.33. The van der Waals surface area contributed by atoms with Crippen molar-refractivity contribution < 1.29 is 4.79 Å². The van der Waals surface area contributed by atoms with Crippen LogP contribution in [0.3, 0.4) is 0 Å². The number of pyridine rings is 2. The molecular weight excluding hydrogens is 486 g/mol. The third-order valence-corrected chi connectivity index (χ3v) is 7.45. The lowest BCUT2D eigenvalue weighted by Crippen LogP contribution is -2.33. The first-order valence-corrected chi connectivity index (χ1v) is 13.3. The first kappa shape index (κ1) is 24.5. The van der Waals surface area contributed by atoms with Gasteiger partial charge in [0.05, 0.1) is 11.3 Å². The van der Waals surface area contributed by atoms with E-state index in [1.54, 1.807) is 0 Å². The number of nitrogens with one attached hydrogen (secondary N) is 3. The molecule has 1 aliphatic rings. The molecule has 8 nitrogen and oxygen atoms in total. The van der Waals surface area contributed by atoms with Gasteiger partial charge in [-0.3, -0.25) is 4.79 Å². The molecule has 4 heterocycles. The molecule has 0 saturated carbocycles. The normalized spacial score (nSPS) is 13.9. The third-order valence-electron chi connectivity index (χ3n) is 7.45. The van der Waals surface area contributed by atoms with Crippen molar-refractivity contribution in [1.82, 2.24) is 15.0 Å². The van der Waals surface area contributed by atoms with Gasteiger partial charge in [-0.1, -0.05) is 30.3 Å². The molecule has 1 saturated heterocycles. The lowest BCUT2D eigenvalue weighted by Gasteiger charge is -2.33. The molecule has 1 amide bonds. The molecule has 39 heavy (non-hydrogen) atoms. The number of nitrogens with two attached hydrogens (primary N) is 1. The van der Waals surface area contributed by atoms with Crippen molar-refractivity contribution in [2.45, 2.75) is 25.3 Å². The summed E-state index contributed by atoms with van der Waals surface area (Å²) in [5.74, 6) is 1.71. The Bertz CT molecular complexity index is 1570. The van der Waals surface area contributed by atoms with E-state index in [1.807, 2.05) is 48.8 Å². The molecule has 0 bridgehead atoms. The number of benzene rings is 2. The highest BCUT2D eigenvalue weighted by molar-refractivity contribution is 5.98. The number of carbonyl (C=O) groups excluding carboxylic acids is 1. The quantitative estimate of drug-likeness (QED) is 0.207. The Labute approximate surface area is 227 Å². The summed E-state index contributed by atoms with van der Waals surface area (Å²) in [4.78, 5) is 26.6. The van der Waals surface area contributed by atoms with Crippen LogP contribution in [0.25, 0.3) is 10.9 Å². The zero-order chi connectivity index (χ0) is 26.6. The zero-order valence-corrected chi connectivity index (χ0v) is 21.6. The number of amides is 1. The summed E-state index contributed by atoms with van der Waals surface area (Å²) >= 11 is 0. The standard InChI is InChI=1S/C31H31N7O/c32-31(39)26-20-36-29(18-28(26)35-19-23-4-3-5-27-25(23)11-15-33-27)37-24-9-7-21(8-10-24)22-12-16-38(17-13-22)30-6-1-2-14-34-30/h1-11,14-15,18,20,22,33H,12-13,16-17,19H2,(H2,32,39)(H2,35,36,37). The van der Waals surface area contributed by atoms with Crippen molar-refractivity contribution in [1.29, 1.82) is 0 Å². The Morgan fingerprint density at radius 2 is 1.85 bits per heavy atom. The lowest BCUT2D eigenvalue weighted by atomic mass is 9.89. The molecule has 1 fully saturated rings. The van der Waals surface area contributed by atoms with Gasteiger partial charge in [0.25, 0.3) is 5.91 Å². The van der Waals surface area contributed by atoms with Crippen LogP contribution < -0.4 is 21.3 Å². The summed E-state index contributed by atoms with van der Waals surface area (Å²) in [6.45, 7) is 2.56. The number of hydrogen-bond donors (Lipinski definition) is 4. The van der Waals surface area contributed by atoms with E-state index >= 15 is 0 Å². The van der Waals surface area contributed by atoms with Crippen molar-refractivity contribution in [3.63, 3.8) is 0 Å². The number of aromatic amines is 1. The Kier molecular flexibility index (Phi) is 6.82. The van der Waals surface area contributed by atoms with Crippen LogP contribution >= 0.6 is 0 Å². The van der Waals surface area contributed by atoms with Crippen LogP contribution in [0.2, 0.25) is 0 Å². The lowest BCUT2D eigenvalue weighted by molar-refractivity contribution is 0.100. The number of piperidine rings is 1. The minimum absolute atomic E-state index is 0.356. The maximum Gasteiger partial charge on any atom is 0.252 e. The van der Waals surface area contributed by atoms with E-state index in [1.165, 1.54) is 11.8 Å². The summed E-state index contributed by atoms with van der Waals surface area (Å²) < 4.78 is 0. The molecule has 0 unspecified atom stereocenters. The van der Waals surface area contributed by atoms with Gasteiger partial charge in [0, 0.05) is 60.9 Å². The van der Waals surface area contributed by atoms with Crippen LogP contribution in [0.15, 0.2) is 91.4 Å². The number of hydrogen-bond acceptors (Lipinski definition) is 6. The van der Waals surface area contributed by atoms with Crippen molar-refractivity contribution in [2.75, 3.05) is 28.6 Å². The van der Waals surface area contributed by atoms with E-state index < -0.39 is 5.91 Å². The molecule has 196 valence electrons. The highest BCUT2D eigenvalue weighted by Crippen LogP contribution is 2.31. The fourth-order valence-electron chi connectivity index (χ4n) is 5.33. The van der Waals surface area contributed by atoms with Gasteiger partial charge >= 0.3 is 0 Å². The summed E-state index contributed by atoms with van der Waals surface area (Å²) in [5, 5.41) is 7.89. The Balaban J connectivity index is 1.12. The van der Waals surface area contributed by atoms with Gasteiger partial charge in [-0.05, 0) is 66.3 Å². The van der Waals surface area contributed by atoms with Crippen molar-refractivity contribution in [3.05, 3.63) is 108 Å². The SMILES string of the molecule is NC(=O)c1cnc(Nc2ccc(C3CCN(c4ccccn4)CC3)cc2)cc1NCc1cccc2[nH]ccc12.